The van der Waals surface area contributed by atoms with Crippen molar-refractivity contribution < 1.29 is 33.5 Å². The normalized spacial score (nSPS) is 22.8. The van der Waals surface area contributed by atoms with Crippen LogP contribution in [0, 0.1) is 11.8 Å². The molecule has 8 atom stereocenters. The molecule has 0 radical (unpaired) electrons. The molecule has 2 aromatic carbocycles. The number of urea groups is 1. The number of hydrogen-bond donors (Lipinski definition) is 6. The van der Waals surface area contributed by atoms with Gasteiger partial charge >= 0.3 is 6.03 Å². The summed E-state index contributed by atoms with van der Waals surface area (Å²) in [6.07, 6.45) is 4.26. The van der Waals surface area contributed by atoms with Gasteiger partial charge in [-0.1, -0.05) is 94.8 Å². The Morgan fingerprint density at radius 2 is 1.33 bits per heavy atom. The van der Waals surface area contributed by atoms with Crippen LogP contribution in [0.5, 0.6) is 0 Å². The number of epoxide rings is 1. The van der Waals surface area contributed by atoms with Crippen molar-refractivity contribution in [3.63, 3.8) is 0 Å². The second kappa shape index (κ2) is 21.0. The maximum Gasteiger partial charge on any atom is 0.315 e. The molecule has 3 saturated heterocycles. The summed E-state index contributed by atoms with van der Waals surface area (Å²) >= 11 is 1.84. The average Bonchev–Trinajstić information content (AvgIpc) is 3.68. The van der Waals surface area contributed by atoms with Gasteiger partial charge in [0.25, 0.3) is 0 Å². The number of Topliss-reactive ketones (excluding diaryl/α,β-unsaturated/α-hetero) is 1. The number of thioether (sulfide) groups is 1. The molecule has 6 amide bonds. The Kier molecular flexibility index (Phi) is 16.2. The highest BCUT2D eigenvalue weighted by Gasteiger charge is 2.50. The van der Waals surface area contributed by atoms with Crippen molar-refractivity contribution in [1.29, 1.82) is 0 Å². The van der Waals surface area contributed by atoms with Gasteiger partial charge in [0.15, 0.2) is 5.78 Å². The van der Waals surface area contributed by atoms with Gasteiger partial charge in [0.1, 0.15) is 23.7 Å². The number of ether oxygens (including phenoxy) is 1. The van der Waals surface area contributed by atoms with Crippen LogP contribution in [0.3, 0.4) is 0 Å². The third-order valence-corrected chi connectivity index (χ3v) is 12.5. The number of carbonyl (C=O) groups excluding carboxylic acids is 6. The minimum absolute atomic E-state index is 0.00350. The number of nitrogens with one attached hydrogen (secondary N) is 6. The molecular weight excluding hydrogens is 757 g/mol. The first-order valence-electron chi connectivity index (χ1n) is 20.9. The SMILES string of the molecule is CC(C)C[C@H](NC(=O)[C@H](CCc1ccccc1)NC(=O)CCCC[C@@H]1SCC2NC(=O)NC21)C(=O)N[C@@H](Cc1ccccc1)C(=O)N[C@@H](CC(C)C)C(=O)[C@@]1(C)CO1. The second-order valence-corrected chi connectivity index (χ2v) is 18.3. The molecule has 14 heteroatoms. The molecule has 3 aliphatic heterocycles. The van der Waals surface area contributed by atoms with E-state index in [2.05, 4.69) is 31.9 Å². The molecule has 0 bridgehead atoms. The van der Waals surface area contributed by atoms with Crippen molar-refractivity contribution >= 4 is 47.2 Å². The number of hydrogen-bond acceptors (Lipinski definition) is 8. The standard InChI is InChI=1S/C44H62N6O7S/c1-27(2)22-32(39(52)44(5)26-57-44)46-42(55)34(24-30-16-10-7-11-17-30)48-41(54)33(23-28(3)4)47-40(53)31(21-20-29-14-8-6-9-15-29)45-37(51)19-13-12-18-36-38-35(25-58-36)49-43(56)50-38/h6-11,14-17,27-28,31-36,38H,12-13,18-26H2,1-5H3,(H,45,51)(H,46,55)(H,47,53)(H,48,54)(H2,49,50,56)/t31-,32-,33-,34-,35?,36-,38?,44+/m0/s1. The monoisotopic (exact) mass is 818 g/mol. The van der Waals surface area contributed by atoms with Gasteiger partial charge in [-0.3, -0.25) is 24.0 Å². The first-order chi connectivity index (χ1) is 27.7. The van der Waals surface area contributed by atoms with Crippen LogP contribution in [0.15, 0.2) is 60.7 Å². The average molecular weight is 819 g/mol. The molecule has 3 heterocycles. The van der Waals surface area contributed by atoms with Crippen LogP contribution < -0.4 is 31.9 Å². The molecule has 3 fully saturated rings. The lowest BCUT2D eigenvalue weighted by atomic mass is 9.93. The number of fused-ring (bicyclic) bond motifs is 1. The highest BCUT2D eigenvalue weighted by Crippen LogP contribution is 2.33. The highest BCUT2D eigenvalue weighted by molar-refractivity contribution is 8.00. The fraction of sp³-hybridized carbons (Fsp3) is 0.591. The minimum atomic E-state index is -1.04. The largest absolute Gasteiger partial charge is 0.361 e. The zero-order valence-corrected chi connectivity index (χ0v) is 35.3. The first-order valence-corrected chi connectivity index (χ1v) is 21.9. The maximum atomic E-state index is 14.2. The quantitative estimate of drug-likeness (QED) is 0.0553. The van der Waals surface area contributed by atoms with Gasteiger partial charge in [0.2, 0.25) is 23.6 Å². The van der Waals surface area contributed by atoms with E-state index < -0.39 is 47.5 Å². The highest BCUT2D eigenvalue weighted by atomic mass is 32.2. The molecule has 316 valence electrons. The Bertz CT molecular complexity index is 1720. The Labute approximate surface area is 347 Å². The molecule has 58 heavy (non-hydrogen) atoms. The van der Waals surface area contributed by atoms with Crippen LogP contribution in [0.25, 0.3) is 0 Å². The van der Waals surface area contributed by atoms with Crippen LogP contribution in [-0.2, 0) is 41.6 Å². The molecule has 0 spiro atoms. The van der Waals surface area contributed by atoms with Gasteiger partial charge in [-0.25, -0.2) is 4.79 Å². The summed E-state index contributed by atoms with van der Waals surface area (Å²) in [5.41, 5.74) is 0.892. The third-order valence-electron chi connectivity index (χ3n) is 11.0. The number of benzene rings is 2. The van der Waals surface area contributed by atoms with Crippen molar-refractivity contribution in [2.24, 2.45) is 11.8 Å². The van der Waals surface area contributed by atoms with E-state index in [0.717, 1.165) is 29.7 Å². The van der Waals surface area contributed by atoms with Crippen molar-refractivity contribution in [3.8, 4) is 0 Å². The second-order valence-electron chi connectivity index (χ2n) is 17.0. The topological polar surface area (TPSA) is 187 Å². The summed E-state index contributed by atoms with van der Waals surface area (Å²) in [5.74, 6) is -0.972. The van der Waals surface area contributed by atoms with E-state index in [9.17, 15) is 28.8 Å². The van der Waals surface area contributed by atoms with E-state index in [1.807, 2.05) is 100 Å². The van der Waals surface area contributed by atoms with E-state index in [1.165, 1.54) is 0 Å². The number of rotatable bonds is 23. The van der Waals surface area contributed by atoms with E-state index in [0.29, 0.717) is 37.5 Å². The van der Waals surface area contributed by atoms with E-state index in [-0.39, 0.29) is 60.9 Å². The van der Waals surface area contributed by atoms with Crippen molar-refractivity contribution in [1.82, 2.24) is 31.9 Å². The summed E-state index contributed by atoms with van der Waals surface area (Å²) in [6.45, 7) is 9.85. The molecule has 0 aromatic heterocycles. The minimum Gasteiger partial charge on any atom is -0.361 e. The van der Waals surface area contributed by atoms with Crippen LogP contribution in [0.4, 0.5) is 4.79 Å². The van der Waals surface area contributed by atoms with Crippen molar-refractivity contribution in [3.05, 3.63) is 71.8 Å². The van der Waals surface area contributed by atoms with Gasteiger partial charge in [-0.05, 0) is 68.4 Å². The summed E-state index contributed by atoms with van der Waals surface area (Å²) in [6, 6.07) is 15.4. The maximum absolute atomic E-state index is 14.2. The van der Waals surface area contributed by atoms with Crippen LogP contribution >= 0.6 is 11.8 Å². The number of carbonyl (C=O) groups is 6. The zero-order chi connectivity index (χ0) is 41.8. The Morgan fingerprint density at radius 3 is 1.97 bits per heavy atom. The summed E-state index contributed by atoms with van der Waals surface area (Å²) in [7, 11) is 0. The lowest BCUT2D eigenvalue weighted by molar-refractivity contribution is -0.135. The first kappa shape index (κ1) is 44.7. The lowest BCUT2D eigenvalue weighted by Gasteiger charge is -2.28. The van der Waals surface area contributed by atoms with Crippen LogP contribution in [-0.4, -0.2) is 94.9 Å². The van der Waals surface area contributed by atoms with Gasteiger partial charge in [-0.2, -0.15) is 11.8 Å². The molecule has 0 aliphatic carbocycles. The van der Waals surface area contributed by atoms with Crippen molar-refractivity contribution in [2.45, 2.75) is 140 Å². The molecule has 2 unspecified atom stereocenters. The Morgan fingerprint density at radius 1 is 0.759 bits per heavy atom. The molecule has 2 aromatic rings. The summed E-state index contributed by atoms with van der Waals surface area (Å²) < 4.78 is 5.42. The number of aryl methyl sites for hydroxylation is 1. The van der Waals surface area contributed by atoms with Gasteiger partial charge in [-0.15, -0.1) is 0 Å². The fourth-order valence-corrected chi connectivity index (χ4v) is 9.21. The third kappa shape index (κ3) is 13.3. The predicted octanol–water partition coefficient (Wildman–Crippen LogP) is 3.98. The van der Waals surface area contributed by atoms with Gasteiger partial charge in [0, 0.05) is 23.8 Å². The van der Waals surface area contributed by atoms with Gasteiger partial charge in [0.05, 0.1) is 24.7 Å². The number of amides is 6. The number of unbranched alkanes of at least 4 members (excludes halogenated alkanes) is 1. The van der Waals surface area contributed by atoms with E-state index in [4.69, 9.17) is 4.74 Å². The fourth-order valence-electron chi connectivity index (χ4n) is 7.67. The van der Waals surface area contributed by atoms with E-state index in [1.54, 1.807) is 6.92 Å². The van der Waals surface area contributed by atoms with Gasteiger partial charge < -0.3 is 36.6 Å². The molecule has 5 rings (SSSR count). The zero-order valence-electron chi connectivity index (χ0n) is 34.5. The van der Waals surface area contributed by atoms with E-state index >= 15 is 0 Å². The Balaban J connectivity index is 1.25. The molecule has 0 saturated carbocycles. The predicted molar refractivity (Wildman–Crippen MR) is 225 cm³/mol. The summed E-state index contributed by atoms with van der Waals surface area (Å²) in [5, 5.41) is 18.0. The summed E-state index contributed by atoms with van der Waals surface area (Å²) in [4.78, 5) is 80.8. The molecular formula is C44H62N6O7S. The van der Waals surface area contributed by atoms with Crippen LogP contribution in [0.2, 0.25) is 0 Å². The number of ketones is 1. The smallest absolute Gasteiger partial charge is 0.315 e. The molecule has 3 aliphatic rings. The Hall–Kier alpha value is -4.43. The molecule has 13 nitrogen and oxygen atoms in total. The van der Waals surface area contributed by atoms with Crippen molar-refractivity contribution in [2.75, 3.05) is 12.4 Å². The molecule has 6 N–H and O–H groups in total. The van der Waals surface area contributed by atoms with Crippen LogP contribution in [0.1, 0.15) is 90.7 Å². The lowest BCUT2D eigenvalue weighted by Crippen LogP contribution is -2.59.